The fourth-order valence-corrected chi connectivity index (χ4v) is 3.32. The van der Waals surface area contributed by atoms with Crippen LogP contribution in [0.25, 0.3) is 0 Å². The van der Waals surface area contributed by atoms with Crippen molar-refractivity contribution < 1.29 is 9.53 Å². The van der Waals surface area contributed by atoms with E-state index in [0.29, 0.717) is 6.61 Å². The van der Waals surface area contributed by atoms with E-state index in [-0.39, 0.29) is 11.9 Å². The normalized spacial score (nSPS) is 15.0. The number of hydrogen-bond donors (Lipinski definition) is 0. The van der Waals surface area contributed by atoms with Crippen molar-refractivity contribution in [2.45, 2.75) is 44.4 Å². The summed E-state index contributed by atoms with van der Waals surface area (Å²) in [5.74, 6) is -0.351. The summed E-state index contributed by atoms with van der Waals surface area (Å²) in [7, 11) is 0. The second kappa shape index (κ2) is 8.37. The van der Waals surface area contributed by atoms with Crippen LogP contribution in [0, 0.1) is 5.92 Å². The van der Waals surface area contributed by atoms with E-state index in [0.717, 1.165) is 43.5 Å². The number of thioether (sulfide) groups is 1. The van der Waals surface area contributed by atoms with Crippen molar-refractivity contribution >= 4 is 23.4 Å². The van der Waals surface area contributed by atoms with Gasteiger partial charge in [-0.05, 0) is 49.3 Å². The third-order valence-corrected chi connectivity index (χ3v) is 4.72. The molecule has 120 valence electrons. The molecule has 4 heteroatoms. The minimum Gasteiger partial charge on any atom is -0.465 e. The number of unbranched alkanes of at least 4 members (excludes halogenated alkanes) is 1. The molecule has 1 aromatic carbocycles. The number of hydrogen-bond acceptors (Lipinski definition) is 4. The van der Waals surface area contributed by atoms with E-state index in [9.17, 15) is 4.79 Å². The van der Waals surface area contributed by atoms with E-state index in [1.54, 1.807) is 11.8 Å². The van der Waals surface area contributed by atoms with Crippen LogP contribution in [0.15, 0.2) is 28.1 Å². The Morgan fingerprint density at radius 2 is 2.23 bits per heavy atom. The minimum atomic E-state index is -0.223. The highest BCUT2D eigenvalue weighted by Crippen LogP contribution is 2.27. The lowest BCUT2D eigenvalue weighted by atomic mass is 9.87. The average Bonchev–Trinajstić information content (AvgIpc) is 2.55. The molecule has 0 saturated carbocycles. The van der Waals surface area contributed by atoms with Crippen LogP contribution in [-0.4, -0.2) is 31.1 Å². The minimum absolute atomic E-state index is 0.128. The van der Waals surface area contributed by atoms with Gasteiger partial charge in [0.1, 0.15) is 0 Å². The van der Waals surface area contributed by atoms with Crippen LogP contribution in [-0.2, 0) is 16.0 Å². The van der Waals surface area contributed by atoms with Gasteiger partial charge in [-0.3, -0.25) is 9.79 Å². The molecule has 1 aliphatic heterocycles. The van der Waals surface area contributed by atoms with E-state index < -0.39 is 0 Å². The Balaban J connectivity index is 2.32. The highest BCUT2D eigenvalue weighted by atomic mass is 32.2. The average molecular weight is 319 g/mol. The van der Waals surface area contributed by atoms with Crippen LogP contribution in [0.5, 0.6) is 0 Å². The molecule has 0 aliphatic carbocycles. The third kappa shape index (κ3) is 3.92. The maximum atomic E-state index is 12.4. The quantitative estimate of drug-likeness (QED) is 0.560. The first-order valence-corrected chi connectivity index (χ1v) is 9.32. The molecule has 1 aliphatic rings. The smallest absolute Gasteiger partial charge is 0.315 e. The number of aliphatic imine (C=N–C) groups is 1. The first-order valence-electron chi connectivity index (χ1n) is 8.09. The van der Waals surface area contributed by atoms with Crippen molar-refractivity contribution in [1.82, 2.24) is 0 Å². The number of fused-ring (bicyclic) bond motifs is 1. The van der Waals surface area contributed by atoms with Crippen molar-refractivity contribution in [3.63, 3.8) is 0 Å². The van der Waals surface area contributed by atoms with Crippen LogP contribution >= 0.6 is 11.8 Å². The lowest BCUT2D eigenvalue weighted by molar-refractivity contribution is -0.145. The van der Waals surface area contributed by atoms with Gasteiger partial charge in [0.25, 0.3) is 0 Å². The van der Waals surface area contributed by atoms with Gasteiger partial charge in [-0.25, -0.2) is 0 Å². The molecule has 1 aromatic rings. The van der Waals surface area contributed by atoms with E-state index >= 15 is 0 Å². The van der Waals surface area contributed by atoms with Gasteiger partial charge in [0.05, 0.1) is 18.2 Å². The number of ether oxygens (including phenoxy) is 1. The van der Waals surface area contributed by atoms with Crippen LogP contribution in [0.3, 0.4) is 0 Å². The zero-order chi connectivity index (χ0) is 15.9. The molecular weight excluding hydrogens is 294 g/mol. The van der Waals surface area contributed by atoms with Gasteiger partial charge in [0.15, 0.2) is 0 Å². The largest absolute Gasteiger partial charge is 0.465 e. The van der Waals surface area contributed by atoms with Crippen molar-refractivity contribution in [2.24, 2.45) is 10.9 Å². The molecule has 0 amide bonds. The number of rotatable bonds is 7. The van der Waals surface area contributed by atoms with Crippen LogP contribution in [0.1, 0.15) is 44.2 Å². The van der Waals surface area contributed by atoms with Gasteiger partial charge >= 0.3 is 5.97 Å². The second-order valence-electron chi connectivity index (χ2n) is 5.49. The predicted molar refractivity (Wildman–Crippen MR) is 93.0 cm³/mol. The molecule has 2 rings (SSSR count). The molecule has 0 saturated heterocycles. The number of esters is 1. The fourth-order valence-electron chi connectivity index (χ4n) is 2.85. The van der Waals surface area contributed by atoms with Crippen molar-refractivity contribution in [1.29, 1.82) is 0 Å². The molecule has 3 nitrogen and oxygen atoms in total. The molecule has 0 bridgehead atoms. The summed E-state index contributed by atoms with van der Waals surface area (Å²) in [5.41, 5.74) is 3.38. The lowest BCUT2D eigenvalue weighted by Gasteiger charge is -2.23. The van der Waals surface area contributed by atoms with Gasteiger partial charge < -0.3 is 4.74 Å². The highest BCUT2D eigenvalue weighted by Gasteiger charge is 2.29. The molecule has 0 aromatic heterocycles. The monoisotopic (exact) mass is 319 g/mol. The first kappa shape index (κ1) is 17.1. The van der Waals surface area contributed by atoms with Crippen molar-refractivity contribution in [2.75, 3.05) is 19.4 Å². The zero-order valence-electron chi connectivity index (χ0n) is 13.7. The Morgan fingerprint density at radius 1 is 1.41 bits per heavy atom. The number of carbonyl (C=O) groups is 1. The summed E-state index contributed by atoms with van der Waals surface area (Å²) in [6.45, 7) is 5.19. The summed E-state index contributed by atoms with van der Waals surface area (Å²) in [6.07, 6.45) is 5.94. The summed E-state index contributed by atoms with van der Waals surface area (Å²) in [5, 5.41) is 0. The summed E-state index contributed by atoms with van der Waals surface area (Å²) < 4.78 is 5.29. The van der Waals surface area contributed by atoms with Gasteiger partial charge in [0.2, 0.25) is 0 Å². The molecule has 1 atom stereocenters. The molecule has 0 spiro atoms. The predicted octanol–water partition coefficient (Wildman–Crippen LogP) is 4.12. The first-order chi connectivity index (χ1) is 10.7. The Bertz CT molecular complexity index is 554. The highest BCUT2D eigenvalue weighted by molar-refractivity contribution is 7.98. The topological polar surface area (TPSA) is 38.7 Å². The lowest BCUT2D eigenvalue weighted by Crippen LogP contribution is -2.30. The fraction of sp³-hybridized carbons (Fsp3) is 0.556. The number of nitrogens with zero attached hydrogens (tertiary/aromatic N) is 1. The van der Waals surface area contributed by atoms with E-state index in [2.05, 4.69) is 31.4 Å². The Labute approximate surface area is 137 Å². The molecule has 1 unspecified atom stereocenters. The van der Waals surface area contributed by atoms with Crippen molar-refractivity contribution in [3.8, 4) is 0 Å². The second-order valence-corrected chi connectivity index (χ2v) is 6.37. The van der Waals surface area contributed by atoms with Crippen LogP contribution in [0.4, 0.5) is 0 Å². The van der Waals surface area contributed by atoms with E-state index in [1.165, 1.54) is 10.5 Å². The molecule has 0 fully saturated rings. The number of carbonyl (C=O) groups excluding carboxylic acids is 1. The van der Waals surface area contributed by atoms with Gasteiger partial charge in [-0.2, -0.15) is 0 Å². The summed E-state index contributed by atoms with van der Waals surface area (Å²) in [4.78, 5) is 18.3. The maximum absolute atomic E-state index is 12.4. The Hall–Kier alpha value is -1.29. The van der Waals surface area contributed by atoms with E-state index in [1.807, 2.05) is 6.92 Å². The van der Waals surface area contributed by atoms with Crippen LogP contribution < -0.4 is 0 Å². The molecule has 0 radical (unpaired) electrons. The Kier molecular flexibility index (Phi) is 6.49. The summed E-state index contributed by atoms with van der Waals surface area (Å²) >= 11 is 1.75. The van der Waals surface area contributed by atoms with Gasteiger partial charge in [-0.1, -0.05) is 25.8 Å². The van der Waals surface area contributed by atoms with Crippen molar-refractivity contribution in [3.05, 3.63) is 29.3 Å². The SMILES string of the molecule is CCCCC(C(=O)OCC)C1=NCCc2cc(SC)ccc21. The van der Waals surface area contributed by atoms with E-state index in [4.69, 9.17) is 9.73 Å². The van der Waals surface area contributed by atoms with Gasteiger partial charge in [0, 0.05) is 11.4 Å². The maximum Gasteiger partial charge on any atom is 0.315 e. The zero-order valence-corrected chi connectivity index (χ0v) is 14.5. The molecule has 1 heterocycles. The van der Waals surface area contributed by atoms with Crippen LogP contribution in [0.2, 0.25) is 0 Å². The summed E-state index contributed by atoms with van der Waals surface area (Å²) in [6, 6.07) is 6.47. The van der Waals surface area contributed by atoms with Gasteiger partial charge in [-0.15, -0.1) is 11.8 Å². The molecular formula is C18H25NO2S. The molecule has 22 heavy (non-hydrogen) atoms. The third-order valence-electron chi connectivity index (χ3n) is 4.00. The number of benzene rings is 1. The Morgan fingerprint density at radius 3 is 2.91 bits per heavy atom. The standard InChI is InChI=1S/C18H25NO2S/c1-4-6-7-16(18(20)21-5-2)17-15-9-8-14(22-3)12-13(15)10-11-19-17/h8-9,12,16H,4-7,10-11H2,1-3H3. The molecule has 0 N–H and O–H groups in total.